The van der Waals surface area contributed by atoms with E-state index in [1.165, 1.54) is 0 Å². The number of nitrogens with one attached hydrogen (secondary N) is 2. The highest BCUT2D eigenvalue weighted by molar-refractivity contribution is 5.86. The van der Waals surface area contributed by atoms with Crippen molar-refractivity contribution in [3.05, 3.63) is 30.6 Å². The summed E-state index contributed by atoms with van der Waals surface area (Å²) in [6.45, 7) is 0. The van der Waals surface area contributed by atoms with Crippen LogP contribution in [-0.2, 0) is 0 Å². The molecule has 0 saturated carbocycles. The van der Waals surface area contributed by atoms with E-state index in [0.29, 0.717) is 11.5 Å². The van der Waals surface area contributed by atoms with Gasteiger partial charge in [0.1, 0.15) is 5.52 Å². The lowest BCUT2D eigenvalue weighted by molar-refractivity contribution is 1.13. The van der Waals surface area contributed by atoms with E-state index in [1.807, 2.05) is 43.3 Å². The predicted molar refractivity (Wildman–Crippen MR) is 80.1 cm³/mol. The zero-order chi connectivity index (χ0) is 14.1. The smallest absolute Gasteiger partial charge is 0.224 e. The van der Waals surface area contributed by atoms with E-state index in [1.54, 1.807) is 6.33 Å². The number of H-pyrrole nitrogens is 1. The first-order valence-corrected chi connectivity index (χ1v) is 6.14. The van der Waals surface area contributed by atoms with Gasteiger partial charge in [-0.2, -0.15) is 9.97 Å². The molecular formula is C13H15N7. The van der Waals surface area contributed by atoms with E-state index < -0.39 is 0 Å². The van der Waals surface area contributed by atoms with Gasteiger partial charge >= 0.3 is 0 Å². The van der Waals surface area contributed by atoms with Crippen LogP contribution in [0.2, 0.25) is 0 Å². The minimum Gasteiger partial charge on any atom is -0.378 e. The van der Waals surface area contributed by atoms with Crippen molar-refractivity contribution in [1.82, 2.24) is 19.9 Å². The summed E-state index contributed by atoms with van der Waals surface area (Å²) < 4.78 is 0. The highest BCUT2D eigenvalue weighted by Crippen LogP contribution is 2.24. The number of hydrogen-bond donors (Lipinski definition) is 3. The zero-order valence-corrected chi connectivity index (χ0v) is 11.3. The van der Waals surface area contributed by atoms with Crippen LogP contribution in [0.15, 0.2) is 30.6 Å². The Bertz CT molecular complexity index is 747. The molecule has 3 rings (SSSR count). The van der Waals surface area contributed by atoms with E-state index >= 15 is 0 Å². The minimum atomic E-state index is 0.191. The van der Waals surface area contributed by atoms with Crippen LogP contribution in [0, 0.1) is 0 Å². The van der Waals surface area contributed by atoms with Crippen LogP contribution in [0.3, 0.4) is 0 Å². The standard InChI is InChI=1S/C13H15N7/c1-20(2)9-5-3-4-8(6-9)17-12-10-11(16-7-15-10)18-13(14)19-12/h3-7H,1-2H3,(H4,14,15,16,17,18,19). The average Bonchev–Trinajstić information content (AvgIpc) is 2.87. The average molecular weight is 269 g/mol. The maximum Gasteiger partial charge on any atom is 0.224 e. The van der Waals surface area contributed by atoms with Gasteiger partial charge in [-0.25, -0.2) is 4.98 Å². The van der Waals surface area contributed by atoms with E-state index in [2.05, 4.69) is 25.3 Å². The van der Waals surface area contributed by atoms with Crippen LogP contribution in [0.4, 0.5) is 23.1 Å². The van der Waals surface area contributed by atoms with Gasteiger partial charge in [0.25, 0.3) is 0 Å². The molecule has 7 nitrogen and oxygen atoms in total. The van der Waals surface area contributed by atoms with Gasteiger partial charge in [0.15, 0.2) is 11.5 Å². The molecule has 0 amide bonds. The van der Waals surface area contributed by atoms with Crippen molar-refractivity contribution >= 4 is 34.3 Å². The maximum atomic E-state index is 5.69. The Morgan fingerprint density at radius 2 is 2.10 bits per heavy atom. The monoisotopic (exact) mass is 269 g/mol. The fraction of sp³-hybridized carbons (Fsp3) is 0.154. The number of nitrogens with two attached hydrogens (primary N) is 1. The summed E-state index contributed by atoms with van der Waals surface area (Å²) in [6.07, 6.45) is 1.57. The molecule has 20 heavy (non-hydrogen) atoms. The summed E-state index contributed by atoms with van der Waals surface area (Å²) >= 11 is 0. The molecule has 102 valence electrons. The lowest BCUT2D eigenvalue weighted by atomic mass is 10.2. The first-order chi connectivity index (χ1) is 9.63. The molecule has 1 aromatic carbocycles. The van der Waals surface area contributed by atoms with Crippen molar-refractivity contribution < 1.29 is 0 Å². The van der Waals surface area contributed by atoms with Crippen LogP contribution in [0.1, 0.15) is 0 Å². The molecule has 0 unspecified atom stereocenters. The normalized spacial score (nSPS) is 10.7. The number of rotatable bonds is 3. The van der Waals surface area contributed by atoms with Crippen LogP contribution in [0.25, 0.3) is 11.2 Å². The number of benzene rings is 1. The molecule has 0 saturated heterocycles. The Morgan fingerprint density at radius 3 is 2.90 bits per heavy atom. The molecule has 7 heteroatoms. The van der Waals surface area contributed by atoms with Crippen molar-refractivity contribution in [3.8, 4) is 0 Å². The minimum absolute atomic E-state index is 0.191. The largest absolute Gasteiger partial charge is 0.378 e. The number of fused-ring (bicyclic) bond motifs is 1. The lowest BCUT2D eigenvalue weighted by Crippen LogP contribution is -2.08. The number of aromatic amines is 1. The number of anilines is 4. The van der Waals surface area contributed by atoms with Crippen molar-refractivity contribution in [2.75, 3.05) is 30.0 Å². The number of hydrogen-bond acceptors (Lipinski definition) is 6. The van der Waals surface area contributed by atoms with Crippen LogP contribution in [0.5, 0.6) is 0 Å². The van der Waals surface area contributed by atoms with Gasteiger partial charge in [0.2, 0.25) is 5.95 Å². The second kappa shape index (κ2) is 4.69. The van der Waals surface area contributed by atoms with Crippen molar-refractivity contribution in [2.24, 2.45) is 0 Å². The van der Waals surface area contributed by atoms with Crippen LogP contribution >= 0.6 is 0 Å². The number of nitrogen functional groups attached to an aromatic ring is 1. The zero-order valence-electron chi connectivity index (χ0n) is 11.3. The molecule has 0 spiro atoms. The van der Waals surface area contributed by atoms with Crippen molar-refractivity contribution in [3.63, 3.8) is 0 Å². The Morgan fingerprint density at radius 1 is 1.25 bits per heavy atom. The van der Waals surface area contributed by atoms with E-state index in [9.17, 15) is 0 Å². The van der Waals surface area contributed by atoms with Gasteiger partial charge in [-0.05, 0) is 18.2 Å². The quantitative estimate of drug-likeness (QED) is 0.670. The highest BCUT2D eigenvalue weighted by atomic mass is 15.1. The molecule has 2 aromatic heterocycles. The van der Waals surface area contributed by atoms with Gasteiger partial charge in [-0.15, -0.1) is 0 Å². The van der Waals surface area contributed by atoms with Gasteiger partial charge in [-0.3, -0.25) is 0 Å². The molecule has 0 aliphatic rings. The Kier molecular flexibility index (Phi) is 2.86. The van der Waals surface area contributed by atoms with E-state index in [4.69, 9.17) is 5.73 Å². The van der Waals surface area contributed by atoms with Gasteiger partial charge in [0.05, 0.1) is 6.33 Å². The van der Waals surface area contributed by atoms with Crippen LogP contribution < -0.4 is 16.0 Å². The SMILES string of the molecule is CN(C)c1cccc(Nc2nc(N)nc3nc[nH]c23)c1. The Labute approximate surface area is 115 Å². The summed E-state index contributed by atoms with van der Waals surface area (Å²) in [5.41, 5.74) is 8.98. The first kappa shape index (κ1) is 12.2. The Balaban J connectivity index is 2.00. The Hall–Kier alpha value is -2.83. The molecule has 0 aliphatic carbocycles. The second-order valence-corrected chi connectivity index (χ2v) is 4.60. The lowest BCUT2D eigenvalue weighted by Gasteiger charge is -2.14. The second-order valence-electron chi connectivity index (χ2n) is 4.60. The van der Waals surface area contributed by atoms with Crippen molar-refractivity contribution in [1.29, 1.82) is 0 Å². The molecule has 0 atom stereocenters. The molecule has 0 aliphatic heterocycles. The third-order valence-corrected chi connectivity index (χ3v) is 2.93. The number of nitrogens with zero attached hydrogens (tertiary/aromatic N) is 4. The summed E-state index contributed by atoms with van der Waals surface area (Å²) in [6, 6.07) is 8.01. The molecule has 4 N–H and O–H groups in total. The molecule has 3 aromatic rings. The third kappa shape index (κ3) is 2.20. The number of imidazole rings is 1. The molecule has 0 fully saturated rings. The van der Waals surface area contributed by atoms with E-state index in [0.717, 1.165) is 16.9 Å². The van der Waals surface area contributed by atoms with Crippen molar-refractivity contribution in [2.45, 2.75) is 0 Å². The maximum absolute atomic E-state index is 5.69. The summed E-state index contributed by atoms with van der Waals surface area (Å²) in [4.78, 5) is 17.4. The first-order valence-electron chi connectivity index (χ1n) is 6.14. The molecule has 0 bridgehead atoms. The van der Waals surface area contributed by atoms with Gasteiger partial charge in [0, 0.05) is 25.5 Å². The van der Waals surface area contributed by atoms with Crippen LogP contribution in [-0.4, -0.2) is 34.0 Å². The fourth-order valence-electron chi connectivity index (χ4n) is 1.94. The van der Waals surface area contributed by atoms with Gasteiger partial charge < -0.3 is 20.9 Å². The molecule has 2 heterocycles. The van der Waals surface area contributed by atoms with E-state index in [-0.39, 0.29) is 5.95 Å². The predicted octanol–water partition coefficient (Wildman–Crippen LogP) is 1.74. The third-order valence-electron chi connectivity index (χ3n) is 2.93. The molecule has 0 radical (unpaired) electrons. The summed E-state index contributed by atoms with van der Waals surface area (Å²) in [5.74, 6) is 0.803. The topological polar surface area (TPSA) is 95.8 Å². The number of aromatic nitrogens is 4. The fourth-order valence-corrected chi connectivity index (χ4v) is 1.94. The molecular weight excluding hydrogens is 254 g/mol. The van der Waals surface area contributed by atoms with Gasteiger partial charge in [-0.1, -0.05) is 6.07 Å². The highest BCUT2D eigenvalue weighted by Gasteiger charge is 2.09. The summed E-state index contributed by atoms with van der Waals surface area (Å²) in [5, 5.41) is 3.24. The summed E-state index contributed by atoms with van der Waals surface area (Å²) in [7, 11) is 3.99.